The summed E-state index contributed by atoms with van der Waals surface area (Å²) in [5.74, 6) is 0.749. The second kappa shape index (κ2) is 10.0. The van der Waals surface area contributed by atoms with E-state index < -0.39 is 20.0 Å². The molecule has 0 saturated carbocycles. The van der Waals surface area contributed by atoms with E-state index in [-0.39, 0.29) is 10.5 Å². The van der Waals surface area contributed by atoms with Crippen LogP contribution in [0, 0.1) is 0 Å². The topological polar surface area (TPSA) is 115 Å². The lowest BCUT2D eigenvalue weighted by Crippen LogP contribution is -2.29. The van der Waals surface area contributed by atoms with Gasteiger partial charge in [0.25, 0.3) is 15.6 Å². The van der Waals surface area contributed by atoms with Crippen molar-refractivity contribution in [3.8, 4) is 11.1 Å². The second-order valence-electron chi connectivity index (χ2n) is 8.21. The number of thiophene rings is 1. The minimum absolute atomic E-state index is 0.0743. The molecule has 35 heavy (non-hydrogen) atoms. The van der Waals surface area contributed by atoms with Gasteiger partial charge >= 0.3 is 0 Å². The molecule has 2 heterocycles. The van der Waals surface area contributed by atoms with E-state index in [9.17, 15) is 21.6 Å². The van der Waals surface area contributed by atoms with Crippen molar-refractivity contribution in [1.82, 2.24) is 13.7 Å². The van der Waals surface area contributed by atoms with Crippen LogP contribution in [0.15, 0.2) is 69.7 Å². The van der Waals surface area contributed by atoms with Crippen LogP contribution >= 0.6 is 11.3 Å². The third kappa shape index (κ3) is 5.69. The predicted molar refractivity (Wildman–Crippen MR) is 139 cm³/mol. The lowest BCUT2D eigenvalue weighted by atomic mass is 10.0. The van der Waals surface area contributed by atoms with E-state index in [1.54, 1.807) is 39.0 Å². The first-order chi connectivity index (χ1) is 16.6. The van der Waals surface area contributed by atoms with Crippen LogP contribution in [0.1, 0.15) is 31.2 Å². The van der Waals surface area contributed by atoms with Gasteiger partial charge in [-0.05, 0) is 35.1 Å². The van der Waals surface area contributed by atoms with Crippen molar-refractivity contribution in [2.24, 2.45) is 0 Å². The highest BCUT2D eigenvalue weighted by Gasteiger charge is 2.23. The van der Waals surface area contributed by atoms with Crippen molar-refractivity contribution in [3.05, 3.63) is 81.7 Å². The molecule has 0 unspecified atom stereocenters. The van der Waals surface area contributed by atoms with Crippen LogP contribution in [-0.2, 0) is 33.0 Å². The smallest absolute Gasteiger partial charge is 0.262 e. The van der Waals surface area contributed by atoms with E-state index in [4.69, 9.17) is 4.98 Å². The summed E-state index contributed by atoms with van der Waals surface area (Å²) in [4.78, 5) is 18.5. The molecular formula is C24H25N3O5S3. The van der Waals surface area contributed by atoms with Gasteiger partial charge in [-0.15, -0.1) is 15.5 Å². The van der Waals surface area contributed by atoms with Crippen LogP contribution in [0.2, 0.25) is 0 Å². The first-order valence-electron chi connectivity index (χ1n) is 11.0. The first kappa shape index (κ1) is 25.2. The number of aromatic nitrogens is 2. The lowest BCUT2D eigenvalue weighted by Gasteiger charge is -2.14. The van der Waals surface area contributed by atoms with Crippen LogP contribution in [-0.4, -0.2) is 32.6 Å². The fourth-order valence-corrected chi connectivity index (χ4v) is 7.30. The molecular weight excluding hydrogens is 506 g/mol. The highest BCUT2D eigenvalue weighted by molar-refractivity contribution is 8.04. The van der Waals surface area contributed by atoms with Gasteiger partial charge in [0.1, 0.15) is 10.7 Å². The van der Waals surface area contributed by atoms with Crippen molar-refractivity contribution in [3.63, 3.8) is 0 Å². The Hall–Kier alpha value is -2.86. The first-order valence-corrected chi connectivity index (χ1v) is 15.2. The zero-order valence-corrected chi connectivity index (χ0v) is 21.7. The van der Waals surface area contributed by atoms with Crippen molar-refractivity contribution in [2.45, 2.75) is 37.6 Å². The third-order valence-electron chi connectivity index (χ3n) is 5.46. The monoisotopic (exact) mass is 531 g/mol. The van der Waals surface area contributed by atoms with E-state index in [1.807, 2.05) is 17.5 Å². The molecule has 11 heteroatoms. The zero-order valence-electron chi connectivity index (χ0n) is 19.3. The van der Waals surface area contributed by atoms with Crippen LogP contribution in [0.5, 0.6) is 0 Å². The van der Waals surface area contributed by atoms with Gasteiger partial charge in [0.15, 0.2) is 0 Å². The molecule has 2 aromatic heterocycles. The number of hydrogen-bond donors (Lipinski definition) is 1. The molecule has 184 valence electrons. The largest absolute Gasteiger partial charge is 0.292 e. The Labute approximate surface area is 208 Å². The average molecular weight is 532 g/mol. The van der Waals surface area contributed by atoms with E-state index in [0.29, 0.717) is 29.5 Å². The Balaban J connectivity index is 1.69. The molecule has 0 aliphatic rings. The summed E-state index contributed by atoms with van der Waals surface area (Å²) in [5.41, 5.74) is 1.76. The van der Waals surface area contributed by atoms with Gasteiger partial charge in [0.05, 0.1) is 23.1 Å². The molecule has 2 aromatic carbocycles. The van der Waals surface area contributed by atoms with Crippen LogP contribution in [0.4, 0.5) is 0 Å². The Morgan fingerprint density at radius 2 is 1.71 bits per heavy atom. The molecule has 4 rings (SSSR count). The summed E-state index contributed by atoms with van der Waals surface area (Å²) >= 11 is 1.45. The summed E-state index contributed by atoms with van der Waals surface area (Å²) < 4.78 is 51.8. The number of unbranched alkanes of at least 4 members (excludes halogenated alkanes) is 1. The maximum absolute atomic E-state index is 13.1. The van der Waals surface area contributed by atoms with Crippen molar-refractivity contribution < 1.29 is 16.8 Å². The molecule has 0 saturated heterocycles. The maximum Gasteiger partial charge on any atom is 0.262 e. The Morgan fingerprint density at radius 1 is 1.00 bits per heavy atom. The Kier molecular flexibility index (Phi) is 7.22. The SMILES string of the molecule is CCCCc1nc2sccc2c(=O)n1Cc1ccc(-c2ccccc2S(=O)(=O)NS(C)(=O)=O)cc1. The normalized spacial score (nSPS) is 12.3. The fraction of sp³-hybridized carbons (Fsp3) is 0.250. The van der Waals surface area contributed by atoms with E-state index in [0.717, 1.165) is 35.3 Å². The molecule has 4 aromatic rings. The van der Waals surface area contributed by atoms with E-state index in [1.165, 1.54) is 23.5 Å². The minimum atomic E-state index is -4.28. The second-order valence-corrected chi connectivity index (χ2v) is 12.8. The molecule has 0 aliphatic carbocycles. The van der Waals surface area contributed by atoms with Gasteiger partial charge in [-0.3, -0.25) is 9.36 Å². The number of fused-ring (bicyclic) bond motifs is 1. The lowest BCUT2D eigenvalue weighted by molar-refractivity contribution is 0.580. The van der Waals surface area contributed by atoms with Crippen molar-refractivity contribution in [1.29, 1.82) is 0 Å². The van der Waals surface area contributed by atoms with Crippen LogP contribution in [0.25, 0.3) is 21.3 Å². The highest BCUT2D eigenvalue weighted by Crippen LogP contribution is 2.28. The summed E-state index contributed by atoms with van der Waals surface area (Å²) in [6, 6.07) is 15.2. The summed E-state index contributed by atoms with van der Waals surface area (Å²) in [5, 5.41) is 2.47. The standard InChI is InChI=1S/C24H25N3O5S3/c1-3-4-9-22-25-23-20(14-15-33-23)24(28)27(22)16-17-10-12-18(13-11-17)19-7-5-6-8-21(19)35(31,32)26-34(2,29)30/h5-8,10-15,26H,3-4,9,16H2,1-2H3. The number of nitrogens with one attached hydrogen (secondary N) is 1. The molecule has 1 N–H and O–H groups in total. The minimum Gasteiger partial charge on any atom is -0.292 e. The summed E-state index contributed by atoms with van der Waals surface area (Å²) in [6.07, 6.45) is 3.41. The number of benzene rings is 2. The molecule has 8 nitrogen and oxygen atoms in total. The van der Waals surface area contributed by atoms with E-state index in [2.05, 4.69) is 6.92 Å². The number of sulfonamides is 2. The van der Waals surface area contributed by atoms with E-state index >= 15 is 0 Å². The van der Waals surface area contributed by atoms with Gasteiger partial charge in [-0.2, -0.15) is 0 Å². The van der Waals surface area contributed by atoms with Gasteiger partial charge < -0.3 is 0 Å². The summed E-state index contributed by atoms with van der Waals surface area (Å²) in [6.45, 7) is 2.43. The number of hydrogen-bond acceptors (Lipinski definition) is 7. The van der Waals surface area contributed by atoms with Crippen LogP contribution in [0.3, 0.4) is 0 Å². The predicted octanol–water partition coefficient (Wildman–Crippen LogP) is 3.75. The van der Waals surface area contributed by atoms with Gasteiger partial charge in [0.2, 0.25) is 10.0 Å². The Bertz CT molecular complexity index is 1640. The molecule has 0 bridgehead atoms. The Morgan fingerprint density at radius 3 is 2.40 bits per heavy atom. The fourth-order valence-electron chi connectivity index (χ4n) is 3.84. The van der Waals surface area contributed by atoms with Crippen molar-refractivity contribution in [2.75, 3.05) is 6.26 Å². The van der Waals surface area contributed by atoms with Gasteiger partial charge in [-0.25, -0.2) is 21.8 Å². The van der Waals surface area contributed by atoms with Gasteiger partial charge in [-0.1, -0.05) is 55.8 Å². The number of nitrogens with zero attached hydrogens (tertiary/aromatic N) is 2. The average Bonchev–Trinajstić information content (AvgIpc) is 3.28. The maximum atomic E-state index is 13.1. The molecule has 0 aliphatic heterocycles. The molecule has 0 atom stereocenters. The van der Waals surface area contributed by atoms with Crippen LogP contribution < -0.4 is 9.69 Å². The number of aryl methyl sites for hydroxylation is 1. The molecule has 0 spiro atoms. The quantitative estimate of drug-likeness (QED) is 0.352. The number of rotatable bonds is 9. The summed E-state index contributed by atoms with van der Waals surface area (Å²) in [7, 11) is -8.25. The molecule has 0 amide bonds. The van der Waals surface area contributed by atoms with Crippen molar-refractivity contribution >= 4 is 41.6 Å². The molecule has 0 fully saturated rings. The third-order valence-corrected chi connectivity index (χ3v) is 9.29. The highest BCUT2D eigenvalue weighted by atomic mass is 32.3. The van der Waals surface area contributed by atoms with Gasteiger partial charge in [0, 0.05) is 12.0 Å². The zero-order chi connectivity index (χ0) is 25.2. The molecule has 0 radical (unpaired) electrons.